The molecule has 0 fully saturated rings. The van der Waals surface area contributed by atoms with Gasteiger partial charge in [-0.15, -0.1) is 0 Å². The van der Waals surface area contributed by atoms with E-state index in [1.165, 1.54) is 0 Å². The third-order valence-electron chi connectivity index (χ3n) is 2.14. The molecule has 3 nitrogen and oxygen atoms in total. The molecule has 1 aromatic rings. The maximum atomic E-state index is 11.5. The number of nitrogens with one attached hydrogen (secondary N) is 1. The summed E-state index contributed by atoms with van der Waals surface area (Å²) in [7, 11) is 1.60. The molecule has 15 heavy (non-hydrogen) atoms. The zero-order valence-electron chi connectivity index (χ0n) is 9.63. The summed E-state index contributed by atoms with van der Waals surface area (Å²) in [5, 5.41) is 2.58. The predicted molar refractivity (Wildman–Crippen MR) is 60.0 cm³/mol. The van der Waals surface area contributed by atoms with E-state index in [-0.39, 0.29) is 5.91 Å². The summed E-state index contributed by atoms with van der Waals surface area (Å²) < 4.78 is 5.62. The highest BCUT2D eigenvalue weighted by molar-refractivity contribution is 5.84. The van der Waals surface area contributed by atoms with E-state index in [0.29, 0.717) is 5.75 Å². The third-order valence-corrected chi connectivity index (χ3v) is 2.14. The van der Waals surface area contributed by atoms with Crippen molar-refractivity contribution in [1.82, 2.24) is 5.32 Å². The molecular weight excluding hydrogens is 190 g/mol. The van der Waals surface area contributed by atoms with Gasteiger partial charge in [0.25, 0.3) is 5.91 Å². The van der Waals surface area contributed by atoms with E-state index in [1.54, 1.807) is 20.9 Å². The molecule has 0 spiro atoms. The topological polar surface area (TPSA) is 38.3 Å². The highest BCUT2D eigenvalue weighted by Crippen LogP contribution is 2.19. The second-order valence-electron chi connectivity index (χ2n) is 4.01. The number of benzene rings is 1. The number of carbonyl (C=O) groups is 1. The number of ether oxygens (including phenoxy) is 1. The van der Waals surface area contributed by atoms with Gasteiger partial charge < -0.3 is 10.1 Å². The number of rotatable bonds is 3. The van der Waals surface area contributed by atoms with Crippen LogP contribution in [0.1, 0.15) is 19.4 Å². The van der Waals surface area contributed by atoms with Crippen LogP contribution in [0.25, 0.3) is 0 Å². The first kappa shape index (κ1) is 11.6. The molecule has 0 heterocycles. The number of likely N-dealkylation sites (N-methyl/N-ethyl adjacent to an activating group) is 1. The lowest BCUT2D eigenvalue weighted by molar-refractivity contribution is -0.133. The van der Waals surface area contributed by atoms with Crippen molar-refractivity contribution >= 4 is 5.91 Å². The van der Waals surface area contributed by atoms with Crippen LogP contribution < -0.4 is 10.1 Å². The summed E-state index contributed by atoms with van der Waals surface area (Å²) in [6.45, 7) is 5.47. The van der Waals surface area contributed by atoms with Crippen LogP contribution >= 0.6 is 0 Å². The second kappa shape index (κ2) is 4.34. The summed E-state index contributed by atoms with van der Waals surface area (Å²) in [6, 6.07) is 7.65. The fourth-order valence-corrected chi connectivity index (χ4v) is 1.32. The number of aryl methyl sites for hydroxylation is 1. The Morgan fingerprint density at radius 3 is 2.60 bits per heavy atom. The predicted octanol–water partition coefficient (Wildman–Crippen LogP) is 1.90. The van der Waals surface area contributed by atoms with E-state index in [4.69, 9.17) is 4.74 Å². The first-order chi connectivity index (χ1) is 6.95. The molecule has 1 aromatic carbocycles. The van der Waals surface area contributed by atoms with Crippen molar-refractivity contribution in [2.45, 2.75) is 26.4 Å². The van der Waals surface area contributed by atoms with Crippen molar-refractivity contribution in [3.8, 4) is 5.75 Å². The van der Waals surface area contributed by atoms with Gasteiger partial charge in [-0.25, -0.2) is 0 Å². The molecule has 0 saturated carbocycles. The van der Waals surface area contributed by atoms with Gasteiger partial charge in [-0.2, -0.15) is 0 Å². The molecule has 0 aliphatic rings. The zero-order chi connectivity index (χ0) is 11.5. The van der Waals surface area contributed by atoms with Crippen LogP contribution in [0.15, 0.2) is 24.3 Å². The van der Waals surface area contributed by atoms with Crippen LogP contribution in [0.2, 0.25) is 0 Å². The lowest BCUT2D eigenvalue weighted by atomic mass is 10.1. The average molecular weight is 207 g/mol. The standard InChI is InChI=1S/C12H17NO2/c1-9-6-5-7-10(8-9)15-12(2,3)11(14)13-4/h5-8H,1-4H3,(H,13,14). The van der Waals surface area contributed by atoms with Gasteiger partial charge in [0.05, 0.1) is 0 Å². The quantitative estimate of drug-likeness (QED) is 0.822. The van der Waals surface area contributed by atoms with Gasteiger partial charge in [0.15, 0.2) is 5.60 Å². The molecule has 82 valence electrons. The Morgan fingerprint density at radius 2 is 2.07 bits per heavy atom. The molecule has 0 aliphatic carbocycles. The van der Waals surface area contributed by atoms with Crippen molar-refractivity contribution in [2.75, 3.05) is 7.05 Å². The van der Waals surface area contributed by atoms with Crippen molar-refractivity contribution < 1.29 is 9.53 Å². The van der Waals surface area contributed by atoms with Crippen LogP contribution in [-0.2, 0) is 4.79 Å². The lowest BCUT2D eigenvalue weighted by Gasteiger charge is -2.24. The van der Waals surface area contributed by atoms with Crippen LogP contribution in [0, 0.1) is 6.92 Å². The van der Waals surface area contributed by atoms with E-state index >= 15 is 0 Å². The van der Waals surface area contributed by atoms with Crippen LogP contribution in [0.3, 0.4) is 0 Å². The van der Waals surface area contributed by atoms with Crippen molar-refractivity contribution in [2.24, 2.45) is 0 Å². The van der Waals surface area contributed by atoms with Gasteiger partial charge in [0, 0.05) is 7.05 Å². The molecular formula is C12H17NO2. The van der Waals surface area contributed by atoms with Gasteiger partial charge in [0.2, 0.25) is 0 Å². The summed E-state index contributed by atoms with van der Waals surface area (Å²) in [5.41, 5.74) is 0.267. The molecule has 0 radical (unpaired) electrons. The summed E-state index contributed by atoms with van der Waals surface area (Å²) in [5.74, 6) is 0.576. The smallest absolute Gasteiger partial charge is 0.263 e. The first-order valence-electron chi connectivity index (χ1n) is 4.93. The minimum atomic E-state index is -0.845. The lowest BCUT2D eigenvalue weighted by Crippen LogP contribution is -2.45. The number of amides is 1. The van der Waals surface area contributed by atoms with Crippen LogP contribution in [-0.4, -0.2) is 18.6 Å². The number of carbonyl (C=O) groups excluding carboxylic acids is 1. The Labute approximate surface area is 90.4 Å². The summed E-state index contributed by atoms with van der Waals surface area (Å²) in [4.78, 5) is 11.5. The molecule has 0 aromatic heterocycles. The Bertz CT molecular complexity index is 358. The maximum absolute atomic E-state index is 11.5. The van der Waals surface area contributed by atoms with Gasteiger partial charge in [-0.05, 0) is 38.5 Å². The zero-order valence-corrected chi connectivity index (χ0v) is 9.63. The van der Waals surface area contributed by atoms with E-state index in [1.807, 2.05) is 31.2 Å². The highest BCUT2D eigenvalue weighted by Gasteiger charge is 2.28. The Balaban J connectivity index is 2.81. The Kier molecular flexibility index (Phi) is 3.35. The fourth-order valence-electron chi connectivity index (χ4n) is 1.32. The second-order valence-corrected chi connectivity index (χ2v) is 4.01. The molecule has 1 amide bonds. The number of hydrogen-bond acceptors (Lipinski definition) is 2. The van der Waals surface area contributed by atoms with Gasteiger partial charge in [-0.1, -0.05) is 12.1 Å². The van der Waals surface area contributed by atoms with Crippen molar-refractivity contribution in [3.63, 3.8) is 0 Å². The normalized spacial score (nSPS) is 10.9. The Hall–Kier alpha value is -1.51. The van der Waals surface area contributed by atoms with Crippen LogP contribution in [0.5, 0.6) is 5.75 Å². The van der Waals surface area contributed by atoms with Gasteiger partial charge >= 0.3 is 0 Å². The van der Waals surface area contributed by atoms with Gasteiger partial charge in [-0.3, -0.25) is 4.79 Å². The van der Waals surface area contributed by atoms with Crippen LogP contribution in [0.4, 0.5) is 0 Å². The molecule has 0 bridgehead atoms. The van der Waals surface area contributed by atoms with E-state index in [2.05, 4.69) is 5.32 Å². The minimum Gasteiger partial charge on any atom is -0.478 e. The highest BCUT2D eigenvalue weighted by atomic mass is 16.5. The van der Waals surface area contributed by atoms with Crippen molar-refractivity contribution in [3.05, 3.63) is 29.8 Å². The fraction of sp³-hybridized carbons (Fsp3) is 0.417. The average Bonchev–Trinajstić information content (AvgIpc) is 2.15. The maximum Gasteiger partial charge on any atom is 0.263 e. The van der Waals surface area contributed by atoms with E-state index in [9.17, 15) is 4.79 Å². The molecule has 3 heteroatoms. The SMILES string of the molecule is CNC(=O)C(C)(C)Oc1cccc(C)c1. The number of hydrogen-bond donors (Lipinski definition) is 1. The molecule has 1 N–H and O–H groups in total. The third kappa shape index (κ3) is 2.98. The summed E-state index contributed by atoms with van der Waals surface area (Å²) in [6.07, 6.45) is 0. The molecule has 0 unspecified atom stereocenters. The van der Waals surface area contributed by atoms with Gasteiger partial charge in [0.1, 0.15) is 5.75 Å². The monoisotopic (exact) mass is 207 g/mol. The molecule has 0 saturated heterocycles. The molecule has 1 rings (SSSR count). The first-order valence-corrected chi connectivity index (χ1v) is 4.93. The molecule has 0 atom stereocenters. The molecule has 0 aliphatic heterocycles. The minimum absolute atomic E-state index is 0.135. The Morgan fingerprint density at radius 1 is 1.40 bits per heavy atom. The van der Waals surface area contributed by atoms with E-state index < -0.39 is 5.60 Å². The largest absolute Gasteiger partial charge is 0.478 e. The summed E-state index contributed by atoms with van der Waals surface area (Å²) >= 11 is 0. The van der Waals surface area contributed by atoms with E-state index in [0.717, 1.165) is 5.56 Å². The van der Waals surface area contributed by atoms with Crippen molar-refractivity contribution in [1.29, 1.82) is 0 Å².